The lowest BCUT2D eigenvalue weighted by atomic mass is 10.1. The summed E-state index contributed by atoms with van der Waals surface area (Å²) in [6.07, 6.45) is 0. The molecule has 122 valence electrons. The Morgan fingerprint density at radius 2 is 1.96 bits per heavy atom. The van der Waals surface area contributed by atoms with Crippen molar-refractivity contribution in [2.75, 3.05) is 18.9 Å². The van der Waals surface area contributed by atoms with Crippen LogP contribution >= 0.6 is 0 Å². The smallest absolute Gasteiger partial charge is 0.272 e. The van der Waals surface area contributed by atoms with Gasteiger partial charge in [0, 0.05) is 19.2 Å². The largest absolute Gasteiger partial charge is 0.379 e. The molecule has 0 amide bonds. The predicted octanol–water partition coefficient (Wildman–Crippen LogP) is 3.80. The number of hydrogen-bond donors (Lipinski definition) is 1. The van der Waals surface area contributed by atoms with E-state index in [0.717, 1.165) is 24.7 Å². The maximum atomic E-state index is 13.8. The second-order valence-electron chi connectivity index (χ2n) is 5.43. The lowest BCUT2D eigenvalue weighted by molar-refractivity contribution is -0.385. The molecular weight excluding hydrogens is 297 g/mol. The molecule has 0 unspecified atom stereocenters. The van der Waals surface area contributed by atoms with Crippen molar-refractivity contribution < 1.29 is 9.31 Å². The first kappa shape index (κ1) is 16.9. The van der Waals surface area contributed by atoms with Crippen molar-refractivity contribution in [3.05, 3.63) is 69.5 Å². The molecule has 0 aromatic heterocycles. The Hall–Kier alpha value is -2.47. The summed E-state index contributed by atoms with van der Waals surface area (Å²) in [6.45, 7) is 4.38. The van der Waals surface area contributed by atoms with Crippen LogP contribution in [-0.2, 0) is 13.1 Å². The zero-order valence-corrected chi connectivity index (χ0v) is 13.3. The minimum Gasteiger partial charge on any atom is -0.379 e. The van der Waals surface area contributed by atoms with Gasteiger partial charge in [0.05, 0.1) is 16.7 Å². The van der Waals surface area contributed by atoms with Gasteiger partial charge >= 0.3 is 0 Å². The fourth-order valence-electron chi connectivity index (χ4n) is 2.22. The number of benzene rings is 2. The first-order valence-electron chi connectivity index (χ1n) is 7.43. The fraction of sp³-hybridized carbons (Fsp3) is 0.294. The van der Waals surface area contributed by atoms with Gasteiger partial charge < -0.3 is 10.2 Å². The van der Waals surface area contributed by atoms with Crippen molar-refractivity contribution in [2.24, 2.45) is 0 Å². The molecule has 5 nitrogen and oxygen atoms in total. The van der Waals surface area contributed by atoms with Gasteiger partial charge in [-0.2, -0.15) is 0 Å². The number of nitrogens with one attached hydrogen (secondary N) is 1. The first-order valence-corrected chi connectivity index (χ1v) is 7.43. The topological polar surface area (TPSA) is 58.4 Å². The molecule has 0 radical (unpaired) electrons. The van der Waals surface area contributed by atoms with Crippen molar-refractivity contribution in [3.8, 4) is 0 Å². The van der Waals surface area contributed by atoms with Crippen molar-refractivity contribution >= 4 is 11.4 Å². The van der Waals surface area contributed by atoms with E-state index in [0.29, 0.717) is 6.54 Å². The second kappa shape index (κ2) is 7.69. The average molecular weight is 317 g/mol. The predicted molar refractivity (Wildman–Crippen MR) is 88.8 cm³/mol. The lowest BCUT2D eigenvalue weighted by Crippen LogP contribution is -2.16. The highest BCUT2D eigenvalue weighted by atomic mass is 19.1. The van der Waals surface area contributed by atoms with Gasteiger partial charge in [-0.05, 0) is 30.8 Å². The quantitative estimate of drug-likeness (QED) is 0.623. The molecule has 0 fully saturated rings. The highest BCUT2D eigenvalue weighted by Gasteiger charge is 2.10. The molecule has 0 saturated carbocycles. The summed E-state index contributed by atoms with van der Waals surface area (Å²) >= 11 is 0. The summed E-state index contributed by atoms with van der Waals surface area (Å²) in [5, 5.41) is 13.6. The van der Waals surface area contributed by atoms with Crippen molar-refractivity contribution in [1.82, 2.24) is 4.90 Å². The molecule has 0 spiro atoms. The molecule has 2 rings (SSSR count). The summed E-state index contributed by atoms with van der Waals surface area (Å²) in [5.41, 5.74) is 2.23. The molecule has 0 aliphatic carbocycles. The standard InChI is InChI=1S/C17H20FN3O2/c1-3-20(2)12-14-6-4-5-13(9-14)11-19-17-8-7-15(21(22)23)10-16(17)18/h4-10,19H,3,11-12H2,1-2H3. The average Bonchev–Trinajstić information content (AvgIpc) is 2.53. The lowest BCUT2D eigenvalue weighted by Gasteiger charge is -2.15. The van der Waals surface area contributed by atoms with E-state index >= 15 is 0 Å². The van der Waals surface area contributed by atoms with Gasteiger partial charge in [0.25, 0.3) is 5.69 Å². The van der Waals surface area contributed by atoms with Crippen LogP contribution in [0.15, 0.2) is 42.5 Å². The minimum atomic E-state index is -0.624. The number of halogens is 1. The number of anilines is 1. The van der Waals surface area contributed by atoms with E-state index in [9.17, 15) is 14.5 Å². The summed E-state index contributed by atoms with van der Waals surface area (Å²) in [4.78, 5) is 12.2. The summed E-state index contributed by atoms with van der Waals surface area (Å²) in [7, 11) is 2.05. The molecule has 6 heteroatoms. The summed E-state index contributed by atoms with van der Waals surface area (Å²) in [5.74, 6) is -0.624. The zero-order valence-electron chi connectivity index (χ0n) is 13.3. The van der Waals surface area contributed by atoms with Gasteiger partial charge in [0.2, 0.25) is 0 Å². The van der Waals surface area contributed by atoms with Crippen LogP contribution in [0.5, 0.6) is 0 Å². The van der Waals surface area contributed by atoms with Crippen LogP contribution in [0.2, 0.25) is 0 Å². The number of rotatable bonds is 7. The van der Waals surface area contributed by atoms with Crippen LogP contribution in [0, 0.1) is 15.9 Å². The zero-order chi connectivity index (χ0) is 16.8. The number of nitrogens with zero attached hydrogens (tertiary/aromatic N) is 2. The van der Waals surface area contributed by atoms with Gasteiger partial charge in [-0.15, -0.1) is 0 Å². The van der Waals surface area contributed by atoms with E-state index in [1.54, 1.807) is 0 Å². The molecule has 1 N–H and O–H groups in total. The molecule has 0 atom stereocenters. The molecule has 23 heavy (non-hydrogen) atoms. The second-order valence-corrected chi connectivity index (χ2v) is 5.43. The number of hydrogen-bond acceptors (Lipinski definition) is 4. The molecule has 0 saturated heterocycles. The molecule has 0 aliphatic heterocycles. The number of nitro groups is 1. The SMILES string of the molecule is CCN(C)Cc1cccc(CNc2ccc([N+](=O)[O-])cc2F)c1. The summed E-state index contributed by atoms with van der Waals surface area (Å²) in [6, 6.07) is 11.7. The van der Waals surface area contributed by atoms with E-state index < -0.39 is 10.7 Å². The van der Waals surface area contributed by atoms with Crippen molar-refractivity contribution in [3.63, 3.8) is 0 Å². The van der Waals surface area contributed by atoms with Crippen LogP contribution in [0.4, 0.5) is 15.8 Å². The van der Waals surface area contributed by atoms with E-state index in [-0.39, 0.29) is 11.4 Å². The third kappa shape index (κ3) is 4.75. The first-order chi connectivity index (χ1) is 11.0. The van der Waals surface area contributed by atoms with Gasteiger partial charge in [0.1, 0.15) is 0 Å². The number of nitro benzene ring substituents is 1. The van der Waals surface area contributed by atoms with Gasteiger partial charge in [-0.25, -0.2) is 4.39 Å². The number of non-ortho nitro benzene ring substituents is 1. The van der Waals surface area contributed by atoms with Gasteiger partial charge in [-0.3, -0.25) is 10.1 Å². The monoisotopic (exact) mass is 317 g/mol. The van der Waals surface area contributed by atoms with Gasteiger partial charge in [0.15, 0.2) is 5.82 Å². The minimum absolute atomic E-state index is 0.252. The third-order valence-electron chi connectivity index (χ3n) is 3.63. The van der Waals surface area contributed by atoms with Crippen molar-refractivity contribution in [1.29, 1.82) is 0 Å². The van der Waals surface area contributed by atoms with Crippen LogP contribution in [0.3, 0.4) is 0 Å². The van der Waals surface area contributed by atoms with Crippen LogP contribution in [0.25, 0.3) is 0 Å². The Morgan fingerprint density at radius 3 is 2.61 bits per heavy atom. The maximum absolute atomic E-state index is 13.8. The van der Waals surface area contributed by atoms with Crippen LogP contribution in [0.1, 0.15) is 18.1 Å². The van der Waals surface area contributed by atoms with Crippen molar-refractivity contribution in [2.45, 2.75) is 20.0 Å². The normalized spacial score (nSPS) is 10.8. The molecule has 2 aromatic rings. The molecule has 0 bridgehead atoms. The Balaban J connectivity index is 2.03. The Kier molecular flexibility index (Phi) is 5.65. The Bertz CT molecular complexity index is 691. The van der Waals surface area contributed by atoms with Crippen LogP contribution in [-0.4, -0.2) is 23.4 Å². The van der Waals surface area contributed by atoms with Crippen LogP contribution < -0.4 is 5.32 Å². The molecular formula is C17H20FN3O2. The highest BCUT2D eigenvalue weighted by molar-refractivity contribution is 5.50. The van der Waals surface area contributed by atoms with E-state index in [1.807, 2.05) is 12.1 Å². The summed E-state index contributed by atoms with van der Waals surface area (Å²) < 4.78 is 13.8. The van der Waals surface area contributed by atoms with E-state index in [2.05, 4.69) is 36.3 Å². The molecule has 0 heterocycles. The highest BCUT2D eigenvalue weighted by Crippen LogP contribution is 2.21. The third-order valence-corrected chi connectivity index (χ3v) is 3.63. The maximum Gasteiger partial charge on any atom is 0.272 e. The van der Waals surface area contributed by atoms with E-state index in [1.165, 1.54) is 17.7 Å². The molecule has 0 aliphatic rings. The Labute approximate surface area is 134 Å². The van der Waals surface area contributed by atoms with E-state index in [4.69, 9.17) is 0 Å². The molecule has 2 aromatic carbocycles. The fourth-order valence-corrected chi connectivity index (χ4v) is 2.22. The Morgan fingerprint density at radius 1 is 1.22 bits per heavy atom. The van der Waals surface area contributed by atoms with Gasteiger partial charge in [-0.1, -0.05) is 31.2 Å².